The van der Waals surface area contributed by atoms with E-state index in [9.17, 15) is 10.1 Å². The molecule has 0 N–H and O–H groups in total. The molecule has 3 aromatic rings. The van der Waals surface area contributed by atoms with E-state index < -0.39 is 12.1 Å². The number of likely N-dealkylation sites (N-methyl/N-ethyl adjacent to an activating group) is 1. The summed E-state index contributed by atoms with van der Waals surface area (Å²) >= 11 is 0. The lowest BCUT2D eigenvalue weighted by molar-refractivity contribution is -0.522. The van der Waals surface area contributed by atoms with Crippen LogP contribution in [0.5, 0.6) is 23.0 Å². The van der Waals surface area contributed by atoms with E-state index >= 15 is 0 Å². The first-order valence-electron chi connectivity index (χ1n) is 9.94. The summed E-state index contributed by atoms with van der Waals surface area (Å²) in [7, 11) is 5.00. The predicted molar refractivity (Wildman–Crippen MR) is 116 cm³/mol. The Bertz CT molecular complexity index is 1220. The minimum Gasteiger partial charge on any atom is -0.493 e. The minimum absolute atomic E-state index is 0.185. The van der Waals surface area contributed by atoms with E-state index in [4.69, 9.17) is 18.9 Å². The molecule has 2 heterocycles. The van der Waals surface area contributed by atoms with Gasteiger partial charge < -0.3 is 23.8 Å². The lowest BCUT2D eigenvalue weighted by Crippen LogP contribution is -2.39. The van der Waals surface area contributed by atoms with Crippen LogP contribution in [0, 0.1) is 10.1 Å². The summed E-state index contributed by atoms with van der Waals surface area (Å²) in [6.45, 7) is 1.80. The van der Waals surface area contributed by atoms with Gasteiger partial charge in [0.15, 0.2) is 23.0 Å². The SMILES string of the molecule is COc1ccc2c(c1OC)C(C(C)[N+](=O)[O-])N(C)c1c-2ccc2cc3c(cc12)OCO3. The van der Waals surface area contributed by atoms with Crippen molar-refractivity contribution >= 4 is 16.5 Å². The fourth-order valence-electron chi connectivity index (χ4n) is 4.79. The molecule has 0 amide bonds. The third kappa shape index (κ3) is 2.67. The van der Waals surface area contributed by atoms with Gasteiger partial charge in [-0.2, -0.15) is 0 Å². The highest BCUT2D eigenvalue weighted by Gasteiger charge is 2.42. The van der Waals surface area contributed by atoms with Gasteiger partial charge in [0, 0.05) is 35.4 Å². The van der Waals surface area contributed by atoms with Crippen LogP contribution in [-0.2, 0) is 0 Å². The summed E-state index contributed by atoms with van der Waals surface area (Å²) < 4.78 is 22.3. The van der Waals surface area contributed by atoms with Crippen molar-refractivity contribution in [3.8, 4) is 34.1 Å². The number of nitro groups is 1. The van der Waals surface area contributed by atoms with Crippen molar-refractivity contribution in [3.63, 3.8) is 0 Å². The number of nitrogens with zero attached hydrogens (tertiary/aromatic N) is 2. The highest BCUT2D eigenvalue weighted by atomic mass is 16.7. The Kier molecular flexibility index (Phi) is 4.32. The van der Waals surface area contributed by atoms with Crippen LogP contribution in [0.3, 0.4) is 0 Å². The van der Waals surface area contributed by atoms with Gasteiger partial charge in [0.25, 0.3) is 0 Å². The molecule has 5 rings (SSSR count). The monoisotopic (exact) mass is 422 g/mol. The molecule has 2 aliphatic rings. The predicted octanol–water partition coefficient (Wildman–Crippen LogP) is 4.41. The molecule has 0 aromatic heterocycles. The molecule has 0 saturated heterocycles. The van der Waals surface area contributed by atoms with Crippen molar-refractivity contribution in [2.24, 2.45) is 0 Å². The van der Waals surface area contributed by atoms with Crippen LogP contribution in [0.25, 0.3) is 21.9 Å². The molecule has 0 spiro atoms. The molecular formula is C23H22N2O6. The average molecular weight is 422 g/mol. The first-order valence-corrected chi connectivity index (χ1v) is 9.94. The maximum absolute atomic E-state index is 11.9. The topological polar surface area (TPSA) is 83.3 Å². The zero-order valence-electron chi connectivity index (χ0n) is 17.7. The summed E-state index contributed by atoms with van der Waals surface area (Å²) in [6.07, 6.45) is 0. The third-order valence-electron chi connectivity index (χ3n) is 6.21. The molecule has 0 bridgehead atoms. The molecular weight excluding hydrogens is 400 g/mol. The number of methoxy groups -OCH3 is 2. The van der Waals surface area contributed by atoms with Crippen molar-refractivity contribution < 1.29 is 23.9 Å². The summed E-state index contributed by atoms with van der Waals surface area (Å²) in [4.78, 5) is 13.6. The lowest BCUT2D eigenvalue weighted by Gasteiger charge is -2.39. The number of ether oxygens (including phenoxy) is 4. The fourth-order valence-corrected chi connectivity index (χ4v) is 4.79. The summed E-state index contributed by atoms with van der Waals surface area (Å²) in [5.41, 5.74) is 3.52. The third-order valence-corrected chi connectivity index (χ3v) is 6.21. The highest BCUT2D eigenvalue weighted by Crippen LogP contribution is 2.54. The molecule has 0 saturated carbocycles. The molecule has 0 aliphatic carbocycles. The Balaban J connectivity index is 1.86. The number of anilines is 1. The Labute approximate surface area is 179 Å². The first-order chi connectivity index (χ1) is 15.0. The van der Waals surface area contributed by atoms with Gasteiger partial charge in [-0.3, -0.25) is 10.1 Å². The van der Waals surface area contributed by atoms with Crippen LogP contribution in [0.15, 0.2) is 36.4 Å². The normalized spacial score (nSPS) is 17.2. The van der Waals surface area contributed by atoms with Crippen LogP contribution in [0.4, 0.5) is 5.69 Å². The van der Waals surface area contributed by atoms with Gasteiger partial charge in [-0.1, -0.05) is 12.1 Å². The van der Waals surface area contributed by atoms with E-state index in [0.29, 0.717) is 23.0 Å². The second kappa shape index (κ2) is 6.94. The van der Waals surface area contributed by atoms with Gasteiger partial charge in [0.2, 0.25) is 12.8 Å². The quantitative estimate of drug-likeness (QED) is 0.455. The van der Waals surface area contributed by atoms with Crippen LogP contribution in [-0.4, -0.2) is 39.0 Å². The number of hydrogen-bond acceptors (Lipinski definition) is 7. The summed E-state index contributed by atoms with van der Waals surface area (Å²) in [5.74, 6) is 2.43. The Morgan fingerprint density at radius 2 is 1.81 bits per heavy atom. The van der Waals surface area contributed by atoms with Crippen molar-refractivity contribution in [2.75, 3.05) is 33.0 Å². The Morgan fingerprint density at radius 1 is 1.10 bits per heavy atom. The van der Waals surface area contributed by atoms with Gasteiger partial charge in [0.1, 0.15) is 6.04 Å². The molecule has 8 heteroatoms. The molecule has 31 heavy (non-hydrogen) atoms. The van der Waals surface area contributed by atoms with E-state index in [1.54, 1.807) is 21.1 Å². The molecule has 2 aliphatic heterocycles. The second-order valence-electron chi connectivity index (χ2n) is 7.73. The van der Waals surface area contributed by atoms with E-state index in [0.717, 1.165) is 33.2 Å². The zero-order chi connectivity index (χ0) is 21.9. The van der Waals surface area contributed by atoms with Crippen LogP contribution in [0.2, 0.25) is 0 Å². The van der Waals surface area contributed by atoms with Gasteiger partial charge in [-0.05, 0) is 35.2 Å². The standard InChI is InChI=1S/C23H22N2O6/c1-12(25(26)27)21-20-14(7-8-17(28-3)23(20)29-4)15-6-5-13-9-18-19(31-11-30-18)10-16(13)22(15)24(21)2/h5-10,12,21H,11H2,1-4H3. The van der Waals surface area contributed by atoms with Crippen LogP contribution in [0.1, 0.15) is 18.5 Å². The fraction of sp³-hybridized carbons (Fsp3) is 0.304. The maximum Gasteiger partial charge on any atom is 0.234 e. The Morgan fingerprint density at radius 3 is 2.48 bits per heavy atom. The molecule has 0 radical (unpaired) electrons. The van der Waals surface area contributed by atoms with Gasteiger partial charge in [-0.15, -0.1) is 0 Å². The van der Waals surface area contributed by atoms with Crippen LogP contribution < -0.4 is 23.8 Å². The first kappa shape index (κ1) is 19.3. The van der Waals surface area contributed by atoms with Crippen molar-refractivity contribution in [3.05, 3.63) is 52.1 Å². The lowest BCUT2D eigenvalue weighted by atomic mass is 9.83. The van der Waals surface area contributed by atoms with E-state index in [1.807, 2.05) is 48.3 Å². The molecule has 8 nitrogen and oxygen atoms in total. The summed E-state index contributed by atoms with van der Waals surface area (Å²) in [6, 6.07) is 10.3. The van der Waals surface area contributed by atoms with Crippen LogP contribution >= 0.6 is 0 Å². The van der Waals surface area contributed by atoms with E-state index in [1.165, 1.54) is 0 Å². The number of benzene rings is 3. The number of rotatable bonds is 4. The van der Waals surface area contributed by atoms with Crippen molar-refractivity contribution in [2.45, 2.75) is 19.0 Å². The number of hydrogen-bond donors (Lipinski definition) is 0. The Hall–Kier alpha value is -3.68. The maximum atomic E-state index is 11.9. The molecule has 2 unspecified atom stereocenters. The summed E-state index contributed by atoms with van der Waals surface area (Å²) in [5, 5.41) is 13.8. The molecule has 3 aromatic carbocycles. The smallest absolute Gasteiger partial charge is 0.234 e. The van der Waals surface area contributed by atoms with Crippen molar-refractivity contribution in [1.82, 2.24) is 0 Å². The molecule has 160 valence electrons. The zero-order valence-corrected chi connectivity index (χ0v) is 17.7. The van der Waals surface area contributed by atoms with E-state index in [-0.39, 0.29) is 11.7 Å². The average Bonchev–Trinajstić information content (AvgIpc) is 3.23. The highest BCUT2D eigenvalue weighted by molar-refractivity contribution is 6.05. The van der Waals surface area contributed by atoms with E-state index in [2.05, 4.69) is 0 Å². The number of fused-ring (bicyclic) bond motifs is 6. The second-order valence-corrected chi connectivity index (χ2v) is 7.73. The largest absolute Gasteiger partial charge is 0.493 e. The van der Waals surface area contributed by atoms with Gasteiger partial charge in [-0.25, -0.2) is 0 Å². The van der Waals surface area contributed by atoms with Gasteiger partial charge in [0.05, 0.1) is 19.9 Å². The molecule has 0 fully saturated rings. The minimum atomic E-state index is -0.887. The van der Waals surface area contributed by atoms with Gasteiger partial charge >= 0.3 is 0 Å². The van der Waals surface area contributed by atoms with Crippen molar-refractivity contribution in [1.29, 1.82) is 0 Å². The molecule has 2 atom stereocenters.